The lowest BCUT2D eigenvalue weighted by Gasteiger charge is -2.32. The minimum absolute atomic E-state index is 0.161. The molecule has 1 fully saturated rings. The van der Waals surface area contributed by atoms with Crippen LogP contribution in [-0.4, -0.2) is 55.0 Å². The Morgan fingerprint density at radius 3 is 2.19 bits per heavy atom. The normalized spacial score (nSPS) is 18.2. The Labute approximate surface area is 159 Å². The van der Waals surface area contributed by atoms with Gasteiger partial charge >= 0.3 is 0 Å². The molecule has 0 saturated carbocycles. The predicted molar refractivity (Wildman–Crippen MR) is 109 cm³/mol. The predicted octanol–water partition coefficient (Wildman–Crippen LogP) is 3.62. The number of piperazine rings is 1. The Morgan fingerprint density at radius 1 is 1.00 bits per heavy atom. The van der Waals surface area contributed by atoms with Crippen molar-refractivity contribution in [1.29, 1.82) is 0 Å². The summed E-state index contributed by atoms with van der Waals surface area (Å²) in [4.78, 5) is 16.8. The van der Waals surface area contributed by atoms with Crippen molar-refractivity contribution in [2.24, 2.45) is 11.8 Å². The third kappa shape index (κ3) is 6.73. The van der Waals surface area contributed by atoms with Gasteiger partial charge in [-0.1, -0.05) is 32.9 Å². The van der Waals surface area contributed by atoms with Crippen LogP contribution >= 0.6 is 0 Å². The molecular weight excluding hydrogens is 322 g/mol. The van der Waals surface area contributed by atoms with Crippen LogP contribution in [0.15, 0.2) is 24.3 Å². The molecule has 146 valence electrons. The Kier molecular flexibility index (Phi) is 8.11. The van der Waals surface area contributed by atoms with Gasteiger partial charge in [0.15, 0.2) is 0 Å². The topological polar surface area (TPSA) is 35.6 Å². The monoisotopic (exact) mass is 359 g/mol. The Balaban J connectivity index is 1.79. The summed E-state index contributed by atoms with van der Waals surface area (Å²) in [6, 6.07) is 8.63. The Hall–Kier alpha value is -1.39. The minimum Gasteiger partial charge on any atom is -0.336 e. The number of carbonyl (C=O) groups is 1. The first-order chi connectivity index (χ1) is 12.3. The van der Waals surface area contributed by atoms with Gasteiger partial charge in [-0.3, -0.25) is 4.79 Å². The lowest BCUT2D eigenvalue weighted by atomic mass is 9.93. The van der Waals surface area contributed by atoms with Crippen LogP contribution in [0.4, 0.5) is 0 Å². The summed E-state index contributed by atoms with van der Waals surface area (Å²) < 4.78 is 0. The number of benzene rings is 1. The first-order valence-electron chi connectivity index (χ1n) is 10.1. The molecule has 0 bridgehead atoms. The van der Waals surface area contributed by atoms with E-state index in [0.717, 1.165) is 50.1 Å². The van der Waals surface area contributed by atoms with Crippen molar-refractivity contribution in [3.63, 3.8) is 0 Å². The van der Waals surface area contributed by atoms with Gasteiger partial charge in [-0.15, -0.1) is 0 Å². The van der Waals surface area contributed by atoms with E-state index >= 15 is 0 Å². The average molecular weight is 360 g/mol. The summed E-state index contributed by atoms with van der Waals surface area (Å²) in [5, 5.41) is 3.62. The third-order valence-electron chi connectivity index (χ3n) is 5.28. The zero-order valence-corrected chi connectivity index (χ0v) is 17.3. The van der Waals surface area contributed by atoms with Crippen molar-refractivity contribution in [3.05, 3.63) is 35.4 Å². The summed E-state index contributed by atoms with van der Waals surface area (Å²) in [6.45, 7) is 13.6. The fraction of sp³-hybridized carbons (Fsp3) is 0.682. The molecule has 26 heavy (non-hydrogen) atoms. The molecule has 1 aliphatic rings. The van der Waals surface area contributed by atoms with E-state index in [1.807, 2.05) is 17.0 Å². The van der Waals surface area contributed by atoms with Gasteiger partial charge in [0.1, 0.15) is 0 Å². The van der Waals surface area contributed by atoms with Crippen LogP contribution in [0.2, 0.25) is 0 Å². The van der Waals surface area contributed by atoms with Crippen LogP contribution in [0, 0.1) is 11.8 Å². The fourth-order valence-corrected chi connectivity index (χ4v) is 3.84. The highest BCUT2D eigenvalue weighted by Crippen LogP contribution is 2.17. The van der Waals surface area contributed by atoms with Crippen molar-refractivity contribution in [2.45, 2.75) is 53.1 Å². The number of likely N-dealkylation sites (N-methyl/N-ethyl adjacent to an activating group) is 1. The molecule has 0 aliphatic carbocycles. The van der Waals surface area contributed by atoms with E-state index in [0.29, 0.717) is 6.04 Å². The first-order valence-corrected chi connectivity index (χ1v) is 10.1. The van der Waals surface area contributed by atoms with Gasteiger partial charge in [0.25, 0.3) is 5.91 Å². The first kappa shape index (κ1) is 20.9. The van der Waals surface area contributed by atoms with E-state index in [9.17, 15) is 4.79 Å². The number of amides is 1. The lowest BCUT2D eigenvalue weighted by Crippen LogP contribution is -2.47. The fourth-order valence-electron chi connectivity index (χ4n) is 3.84. The summed E-state index contributed by atoms with van der Waals surface area (Å²) in [7, 11) is 2.11. The van der Waals surface area contributed by atoms with Gasteiger partial charge in [0.05, 0.1) is 0 Å². The smallest absolute Gasteiger partial charge is 0.253 e. The van der Waals surface area contributed by atoms with Crippen LogP contribution in [0.5, 0.6) is 0 Å². The minimum atomic E-state index is 0.161. The third-order valence-corrected chi connectivity index (χ3v) is 5.28. The molecule has 2 unspecified atom stereocenters. The lowest BCUT2D eigenvalue weighted by molar-refractivity contribution is 0.0664. The molecule has 1 aromatic carbocycles. The zero-order valence-electron chi connectivity index (χ0n) is 17.3. The van der Waals surface area contributed by atoms with Crippen molar-refractivity contribution < 1.29 is 4.79 Å². The van der Waals surface area contributed by atoms with Crippen LogP contribution in [0.1, 0.15) is 56.5 Å². The van der Waals surface area contributed by atoms with E-state index in [2.05, 4.69) is 57.1 Å². The van der Waals surface area contributed by atoms with Crippen molar-refractivity contribution >= 4 is 5.91 Å². The summed E-state index contributed by atoms with van der Waals surface area (Å²) in [6.07, 6.45) is 2.49. The molecule has 4 heteroatoms. The molecule has 0 aromatic heterocycles. The molecule has 1 aliphatic heterocycles. The van der Waals surface area contributed by atoms with Gasteiger partial charge in [-0.25, -0.2) is 0 Å². The van der Waals surface area contributed by atoms with E-state index in [1.165, 1.54) is 18.4 Å². The standard InChI is InChI=1S/C22H37N3O/c1-17(2)14-18(3)15-19(4)23-16-20-6-8-21(9-7-20)22(26)25-12-10-24(5)11-13-25/h6-9,17-19,23H,10-16H2,1-5H3. The quantitative estimate of drug-likeness (QED) is 0.770. The molecule has 1 amide bonds. The van der Waals surface area contributed by atoms with Gasteiger partial charge < -0.3 is 15.1 Å². The average Bonchev–Trinajstić information content (AvgIpc) is 2.59. The number of rotatable bonds is 8. The van der Waals surface area contributed by atoms with Gasteiger partial charge in [-0.2, -0.15) is 0 Å². The molecule has 4 nitrogen and oxygen atoms in total. The number of hydrogen-bond donors (Lipinski definition) is 1. The van der Waals surface area contributed by atoms with E-state index < -0.39 is 0 Å². The van der Waals surface area contributed by atoms with Gasteiger partial charge in [0.2, 0.25) is 0 Å². The summed E-state index contributed by atoms with van der Waals surface area (Å²) in [5.41, 5.74) is 2.04. The van der Waals surface area contributed by atoms with Crippen molar-refractivity contribution in [3.8, 4) is 0 Å². The van der Waals surface area contributed by atoms with E-state index in [-0.39, 0.29) is 5.91 Å². The maximum absolute atomic E-state index is 12.6. The Morgan fingerprint density at radius 2 is 1.62 bits per heavy atom. The van der Waals surface area contributed by atoms with Crippen molar-refractivity contribution in [1.82, 2.24) is 15.1 Å². The maximum Gasteiger partial charge on any atom is 0.253 e. The number of nitrogens with one attached hydrogen (secondary N) is 1. The molecule has 1 N–H and O–H groups in total. The summed E-state index contributed by atoms with van der Waals surface area (Å²) >= 11 is 0. The molecule has 1 heterocycles. The zero-order chi connectivity index (χ0) is 19.1. The van der Waals surface area contributed by atoms with E-state index in [4.69, 9.17) is 0 Å². The van der Waals surface area contributed by atoms with Crippen LogP contribution in [0.3, 0.4) is 0 Å². The number of carbonyl (C=O) groups excluding carboxylic acids is 1. The Bertz CT molecular complexity index is 547. The molecule has 0 spiro atoms. The second-order valence-electron chi connectivity index (χ2n) is 8.54. The highest BCUT2D eigenvalue weighted by Gasteiger charge is 2.20. The van der Waals surface area contributed by atoms with E-state index in [1.54, 1.807) is 0 Å². The SMILES string of the molecule is CC(C)CC(C)CC(C)NCc1ccc(C(=O)N2CCN(C)CC2)cc1. The molecule has 2 rings (SSSR count). The van der Waals surface area contributed by atoms with Gasteiger partial charge in [-0.05, 0) is 56.3 Å². The molecule has 0 radical (unpaired) electrons. The molecule has 1 saturated heterocycles. The number of hydrogen-bond acceptors (Lipinski definition) is 3. The van der Waals surface area contributed by atoms with Crippen molar-refractivity contribution in [2.75, 3.05) is 33.2 Å². The summed E-state index contributed by atoms with van der Waals surface area (Å²) in [5.74, 6) is 1.68. The molecule has 2 atom stereocenters. The second-order valence-corrected chi connectivity index (χ2v) is 8.54. The maximum atomic E-state index is 12.6. The second kappa shape index (κ2) is 10.1. The molecule has 1 aromatic rings. The van der Waals surface area contributed by atoms with Crippen LogP contribution in [0.25, 0.3) is 0 Å². The number of nitrogens with zero attached hydrogens (tertiary/aromatic N) is 2. The highest BCUT2D eigenvalue weighted by atomic mass is 16.2. The van der Waals surface area contributed by atoms with Gasteiger partial charge in [0, 0.05) is 44.3 Å². The molecular formula is C22H37N3O. The highest BCUT2D eigenvalue weighted by molar-refractivity contribution is 5.94. The van der Waals surface area contributed by atoms with Crippen LogP contribution < -0.4 is 5.32 Å². The van der Waals surface area contributed by atoms with Crippen LogP contribution in [-0.2, 0) is 6.54 Å². The largest absolute Gasteiger partial charge is 0.336 e.